The van der Waals surface area contributed by atoms with Gasteiger partial charge in [-0.2, -0.15) is 0 Å². The first-order valence-corrected chi connectivity index (χ1v) is 6.83. The first kappa shape index (κ1) is 14.0. The van der Waals surface area contributed by atoms with E-state index in [0.29, 0.717) is 23.5 Å². The highest BCUT2D eigenvalue weighted by Crippen LogP contribution is 2.22. The summed E-state index contributed by atoms with van der Waals surface area (Å²) in [4.78, 5) is 43.5. The molecule has 1 aromatic carbocycles. The van der Waals surface area contributed by atoms with Crippen LogP contribution in [0.4, 0.5) is 5.95 Å². The van der Waals surface area contributed by atoms with Gasteiger partial charge in [0.05, 0.1) is 17.3 Å². The van der Waals surface area contributed by atoms with Crippen molar-refractivity contribution < 1.29 is 14.4 Å². The number of amides is 3. The van der Waals surface area contributed by atoms with Crippen molar-refractivity contribution in [2.75, 3.05) is 11.9 Å². The Kier molecular flexibility index (Phi) is 3.46. The molecule has 2 heterocycles. The molecule has 3 rings (SSSR count). The monoisotopic (exact) mass is 298 g/mol. The van der Waals surface area contributed by atoms with Gasteiger partial charge in [0.25, 0.3) is 11.8 Å². The number of nitrogens with zero attached hydrogens (tertiary/aromatic N) is 2. The van der Waals surface area contributed by atoms with E-state index in [1.54, 1.807) is 30.5 Å². The zero-order valence-electron chi connectivity index (χ0n) is 11.9. The van der Waals surface area contributed by atoms with E-state index < -0.39 is 0 Å². The Morgan fingerprint density at radius 3 is 2.45 bits per heavy atom. The number of anilines is 1. The van der Waals surface area contributed by atoms with Crippen LogP contribution in [0.5, 0.6) is 0 Å². The van der Waals surface area contributed by atoms with E-state index >= 15 is 0 Å². The van der Waals surface area contributed by atoms with Crippen molar-refractivity contribution in [3.63, 3.8) is 0 Å². The van der Waals surface area contributed by atoms with E-state index in [2.05, 4.69) is 15.3 Å². The number of imidazole rings is 1. The molecule has 1 aromatic heterocycles. The number of carbonyl (C=O) groups is 3. The van der Waals surface area contributed by atoms with Crippen LogP contribution >= 0.6 is 0 Å². The summed E-state index contributed by atoms with van der Waals surface area (Å²) in [5, 5.41) is 2.53. The zero-order valence-corrected chi connectivity index (χ0v) is 11.9. The van der Waals surface area contributed by atoms with Crippen molar-refractivity contribution in [3.8, 4) is 0 Å². The summed E-state index contributed by atoms with van der Waals surface area (Å²) in [6, 6.07) is 6.78. The molecule has 7 heteroatoms. The van der Waals surface area contributed by atoms with E-state index in [1.165, 1.54) is 11.8 Å². The maximum absolute atomic E-state index is 12.2. The molecule has 112 valence electrons. The Morgan fingerprint density at radius 2 is 1.86 bits per heavy atom. The highest BCUT2D eigenvalue weighted by molar-refractivity contribution is 6.21. The van der Waals surface area contributed by atoms with Gasteiger partial charge < -0.3 is 4.98 Å². The number of carbonyl (C=O) groups excluding carboxylic acids is 3. The van der Waals surface area contributed by atoms with Crippen LogP contribution in [0.15, 0.2) is 30.5 Å². The number of hydrogen-bond donors (Lipinski definition) is 2. The highest BCUT2D eigenvalue weighted by atomic mass is 16.2. The van der Waals surface area contributed by atoms with E-state index in [1.807, 2.05) is 0 Å². The van der Waals surface area contributed by atoms with Gasteiger partial charge in [-0.05, 0) is 12.1 Å². The fraction of sp³-hybridized carbons (Fsp3) is 0.200. The minimum atomic E-state index is -0.276. The van der Waals surface area contributed by atoms with Crippen molar-refractivity contribution in [1.82, 2.24) is 14.9 Å². The maximum Gasteiger partial charge on any atom is 0.261 e. The van der Waals surface area contributed by atoms with E-state index in [9.17, 15) is 14.4 Å². The van der Waals surface area contributed by atoms with Crippen LogP contribution in [0.2, 0.25) is 0 Å². The third-order valence-corrected chi connectivity index (χ3v) is 3.41. The van der Waals surface area contributed by atoms with E-state index in [-0.39, 0.29) is 24.3 Å². The smallest absolute Gasteiger partial charge is 0.261 e. The van der Waals surface area contributed by atoms with Crippen molar-refractivity contribution in [2.24, 2.45) is 0 Å². The Labute approximate surface area is 126 Å². The number of aromatic nitrogens is 2. The lowest BCUT2D eigenvalue weighted by Crippen LogP contribution is -2.31. The second kappa shape index (κ2) is 5.44. The van der Waals surface area contributed by atoms with Gasteiger partial charge in [0.2, 0.25) is 11.9 Å². The Bertz CT molecular complexity index is 731. The number of rotatable bonds is 4. The third kappa shape index (κ3) is 2.48. The van der Waals surface area contributed by atoms with Crippen molar-refractivity contribution in [3.05, 3.63) is 47.3 Å². The van der Waals surface area contributed by atoms with Gasteiger partial charge >= 0.3 is 0 Å². The summed E-state index contributed by atoms with van der Waals surface area (Å²) in [7, 11) is 0. The molecular formula is C15H14N4O3. The van der Waals surface area contributed by atoms with Crippen molar-refractivity contribution >= 4 is 23.7 Å². The number of H-pyrrole nitrogens is 1. The van der Waals surface area contributed by atoms with Crippen LogP contribution in [0, 0.1) is 0 Å². The molecule has 1 aliphatic rings. The number of fused-ring (bicyclic) bond motifs is 1. The first-order chi connectivity index (χ1) is 10.6. The molecular weight excluding hydrogens is 284 g/mol. The molecule has 0 bridgehead atoms. The molecule has 3 amide bonds. The molecule has 22 heavy (non-hydrogen) atoms. The lowest BCUT2D eigenvalue weighted by Gasteiger charge is -2.12. The Morgan fingerprint density at radius 1 is 1.23 bits per heavy atom. The molecule has 0 unspecified atom stereocenters. The SMILES string of the molecule is CC(=O)Nc1ncc(CCN2C(=O)c3ccccc3C2=O)[nH]1. The predicted octanol–water partition coefficient (Wildman–Crippen LogP) is 1.21. The average molecular weight is 298 g/mol. The number of hydrogen-bond acceptors (Lipinski definition) is 4. The van der Waals surface area contributed by atoms with Gasteiger partial charge in [-0.15, -0.1) is 0 Å². The first-order valence-electron chi connectivity index (χ1n) is 6.83. The fourth-order valence-electron chi connectivity index (χ4n) is 2.39. The van der Waals surface area contributed by atoms with Crippen LogP contribution in [0.25, 0.3) is 0 Å². The quantitative estimate of drug-likeness (QED) is 0.829. The van der Waals surface area contributed by atoms with Gasteiger partial charge in [-0.1, -0.05) is 12.1 Å². The summed E-state index contributed by atoms with van der Waals surface area (Å²) in [6.45, 7) is 1.65. The fourth-order valence-corrected chi connectivity index (χ4v) is 2.39. The highest BCUT2D eigenvalue weighted by Gasteiger charge is 2.34. The molecule has 0 atom stereocenters. The zero-order chi connectivity index (χ0) is 15.7. The van der Waals surface area contributed by atoms with Crippen LogP contribution in [0.1, 0.15) is 33.3 Å². The predicted molar refractivity (Wildman–Crippen MR) is 78.4 cm³/mol. The molecule has 2 aromatic rings. The van der Waals surface area contributed by atoms with Crippen molar-refractivity contribution in [1.29, 1.82) is 0 Å². The third-order valence-electron chi connectivity index (χ3n) is 3.41. The molecule has 0 saturated heterocycles. The summed E-state index contributed by atoms with van der Waals surface area (Å²) in [6.07, 6.45) is 2.02. The van der Waals surface area contributed by atoms with Gasteiger partial charge in [0.1, 0.15) is 0 Å². The Balaban J connectivity index is 1.68. The van der Waals surface area contributed by atoms with E-state index in [4.69, 9.17) is 0 Å². The van der Waals surface area contributed by atoms with Crippen molar-refractivity contribution in [2.45, 2.75) is 13.3 Å². The number of imide groups is 1. The molecule has 0 saturated carbocycles. The minimum absolute atomic E-state index is 0.221. The van der Waals surface area contributed by atoms with Crippen LogP contribution in [-0.4, -0.2) is 39.1 Å². The van der Waals surface area contributed by atoms with Crippen LogP contribution in [0.3, 0.4) is 0 Å². The molecule has 7 nitrogen and oxygen atoms in total. The lowest BCUT2D eigenvalue weighted by atomic mass is 10.1. The number of benzene rings is 1. The summed E-state index contributed by atoms with van der Waals surface area (Å²) >= 11 is 0. The minimum Gasteiger partial charge on any atom is -0.328 e. The molecule has 0 fully saturated rings. The van der Waals surface area contributed by atoms with E-state index in [0.717, 1.165) is 5.69 Å². The van der Waals surface area contributed by atoms with Gasteiger partial charge in [0.15, 0.2) is 0 Å². The topological polar surface area (TPSA) is 95.2 Å². The number of aromatic amines is 1. The lowest BCUT2D eigenvalue weighted by molar-refractivity contribution is -0.114. The van der Waals surface area contributed by atoms with Gasteiger partial charge in [0, 0.05) is 25.6 Å². The maximum atomic E-state index is 12.2. The largest absolute Gasteiger partial charge is 0.328 e. The molecule has 0 radical (unpaired) electrons. The van der Waals surface area contributed by atoms with Gasteiger partial charge in [-0.25, -0.2) is 4.98 Å². The molecule has 0 spiro atoms. The second-order valence-electron chi connectivity index (χ2n) is 5.00. The molecule has 1 aliphatic heterocycles. The van der Waals surface area contributed by atoms with Gasteiger partial charge in [-0.3, -0.25) is 24.6 Å². The van der Waals surface area contributed by atoms with Crippen LogP contribution < -0.4 is 5.32 Å². The standard InChI is InChI=1S/C15H14N4O3/c1-9(20)17-15-16-8-10(18-15)6-7-19-13(21)11-4-2-3-5-12(11)14(19)22/h2-5,8H,6-7H2,1H3,(H2,16,17,18,20). The summed E-state index contributed by atoms with van der Waals surface area (Å²) in [5.74, 6) is -0.421. The normalized spacial score (nSPS) is 13.4. The average Bonchev–Trinajstić information content (AvgIpc) is 3.02. The molecule has 2 N–H and O–H groups in total. The summed E-state index contributed by atoms with van der Waals surface area (Å²) in [5.41, 5.74) is 1.62. The molecule has 0 aliphatic carbocycles. The number of nitrogens with one attached hydrogen (secondary N) is 2. The van der Waals surface area contributed by atoms with Crippen LogP contribution in [-0.2, 0) is 11.2 Å². The summed E-state index contributed by atoms with van der Waals surface area (Å²) < 4.78 is 0. The second-order valence-corrected chi connectivity index (χ2v) is 5.00. The Hall–Kier alpha value is -2.96.